The average Bonchev–Trinajstić information content (AvgIpc) is 2.62. The van der Waals surface area contributed by atoms with Crippen LogP contribution in [0.1, 0.15) is 28.4 Å². The van der Waals surface area contributed by atoms with Crippen LogP contribution in [0.3, 0.4) is 0 Å². The molecule has 0 spiro atoms. The zero-order valence-corrected chi connectivity index (χ0v) is 16.1. The summed E-state index contributed by atoms with van der Waals surface area (Å²) in [4.78, 5) is 26.0. The zero-order chi connectivity index (χ0) is 19.3. The van der Waals surface area contributed by atoms with E-state index in [4.69, 9.17) is 16.3 Å². The molecule has 0 saturated heterocycles. The largest absolute Gasteiger partial charge is 0.487 e. The minimum absolute atomic E-state index is 0.0663. The monoisotopic (exact) mass is 382 g/mol. The Morgan fingerprint density at radius 2 is 2.04 bits per heavy atom. The molecule has 1 atom stereocenters. The molecule has 4 rings (SSSR count). The van der Waals surface area contributed by atoms with Crippen molar-refractivity contribution < 1.29 is 9.53 Å². The maximum absolute atomic E-state index is 13.0. The molecule has 0 unspecified atom stereocenters. The molecule has 1 aliphatic rings. The third-order valence-electron chi connectivity index (χ3n) is 5.01. The van der Waals surface area contributed by atoms with Gasteiger partial charge >= 0.3 is 0 Å². The van der Waals surface area contributed by atoms with Gasteiger partial charge in [-0.3, -0.25) is 9.59 Å². The fourth-order valence-corrected chi connectivity index (χ4v) is 3.71. The summed E-state index contributed by atoms with van der Waals surface area (Å²) in [7, 11) is 0. The summed E-state index contributed by atoms with van der Waals surface area (Å²) in [6.45, 7) is 6.39. The first kappa shape index (κ1) is 17.6. The van der Waals surface area contributed by atoms with Crippen molar-refractivity contribution in [3.8, 4) is 5.75 Å². The summed E-state index contributed by atoms with van der Waals surface area (Å²) >= 11 is 6.31. The predicted octanol–water partition coefficient (Wildman–Crippen LogP) is 4.30. The number of carbonyl (C=O) groups excluding carboxylic acids is 1. The number of ether oxygens (including phenoxy) is 1. The van der Waals surface area contributed by atoms with Crippen molar-refractivity contribution in [3.05, 3.63) is 68.5 Å². The van der Waals surface area contributed by atoms with E-state index in [1.54, 1.807) is 18.3 Å². The number of aromatic nitrogens is 1. The topological polar surface area (TPSA) is 60.3 Å². The van der Waals surface area contributed by atoms with Crippen LogP contribution >= 0.6 is 11.6 Å². The van der Waals surface area contributed by atoms with E-state index in [9.17, 15) is 9.59 Å². The quantitative estimate of drug-likeness (QED) is 0.718. The Kier molecular flexibility index (Phi) is 4.19. The molecule has 3 aromatic rings. The van der Waals surface area contributed by atoms with Crippen molar-refractivity contribution in [3.63, 3.8) is 0 Å². The predicted molar refractivity (Wildman–Crippen MR) is 107 cm³/mol. The normalized spacial score (nSPS) is 15.5. The standard InChI is InChI=1S/C21H19ClN2O3/c1-11-5-4-6-16(13(11)3)23-21(26)14-10-24-9-12(2)27-17-8-7-15(22)18(19(17)24)20(14)25/h4-8,10,12H,9H2,1-3H3,(H,23,26)/t12-/m1/s1. The summed E-state index contributed by atoms with van der Waals surface area (Å²) in [5.41, 5.74) is 3.03. The number of aryl methyl sites for hydroxylation is 1. The second-order valence-electron chi connectivity index (χ2n) is 6.92. The highest BCUT2D eigenvalue weighted by Crippen LogP contribution is 2.33. The Balaban J connectivity index is 1.87. The van der Waals surface area contributed by atoms with E-state index in [1.807, 2.05) is 43.5 Å². The van der Waals surface area contributed by atoms with E-state index < -0.39 is 11.3 Å². The third kappa shape index (κ3) is 2.88. The average molecular weight is 383 g/mol. The maximum atomic E-state index is 13.0. The van der Waals surface area contributed by atoms with Crippen LogP contribution in [-0.2, 0) is 6.54 Å². The van der Waals surface area contributed by atoms with Crippen molar-refractivity contribution in [2.24, 2.45) is 0 Å². The lowest BCUT2D eigenvalue weighted by Crippen LogP contribution is -2.30. The highest BCUT2D eigenvalue weighted by molar-refractivity contribution is 6.35. The summed E-state index contributed by atoms with van der Waals surface area (Å²) in [6, 6.07) is 9.06. The molecule has 0 aliphatic carbocycles. The molecule has 1 amide bonds. The maximum Gasteiger partial charge on any atom is 0.261 e. The molecule has 27 heavy (non-hydrogen) atoms. The summed E-state index contributed by atoms with van der Waals surface area (Å²) in [6.07, 6.45) is 1.53. The van der Waals surface area contributed by atoms with Gasteiger partial charge in [-0.05, 0) is 50.1 Å². The number of halogens is 1. The van der Waals surface area contributed by atoms with E-state index in [2.05, 4.69) is 5.32 Å². The molecular weight excluding hydrogens is 364 g/mol. The van der Waals surface area contributed by atoms with Crippen molar-refractivity contribution >= 4 is 34.1 Å². The summed E-state index contributed by atoms with van der Waals surface area (Å²) in [5, 5.41) is 3.49. The van der Waals surface area contributed by atoms with Gasteiger partial charge in [-0.15, -0.1) is 0 Å². The van der Waals surface area contributed by atoms with E-state index in [0.29, 0.717) is 33.9 Å². The number of carbonyl (C=O) groups is 1. The second-order valence-corrected chi connectivity index (χ2v) is 7.33. The second kappa shape index (κ2) is 6.43. The number of amides is 1. The fraction of sp³-hybridized carbons (Fsp3) is 0.238. The van der Waals surface area contributed by atoms with Crippen molar-refractivity contribution in [1.29, 1.82) is 0 Å². The molecule has 0 radical (unpaired) electrons. The zero-order valence-electron chi connectivity index (χ0n) is 15.3. The van der Waals surface area contributed by atoms with Crippen LogP contribution < -0.4 is 15.5 Å². The molecule has 2 heterocycles. The van der Waals surface area contributed by atoms with Crippen molar-refractivity contribution in [2.45, 2.75) is 33.4 Å². The third-order valence-corrected chi connectivity index (χ3v) is 5.33. The summed E-state index contributed by atoms with van der Waals surface area (Å²) < 4.78 is 7.70. The molecule has 0 fully saturated rings. The first-order valence-electron chi connectivity index (χ1n) is 8.76. The van der Waals surface area contributed by atoms with Crippen molar-refractivity contribution in [1.82, 2.24) is 4.57 Å². The number of anilines is 1. The number of rotatable bonds is 2. The highest BCUT2D eigenvalue weighted by Gasteiger charge is 2.24. The molecule has 0 bridgehead atoms. The van der Waals surface area contributed by atoms with Crippen LogP contribution in [0.4, 0.5) is 5.69 Å². The number of pyridine rings is 1. The van der Waals surface area contributed by atoms with Gasteiger partial charge in [-0.2, -0.15) is 0 Å². The molecule has 1 aliphatic heterocycles. The fourth-order valence-electron chi connectivity index (χ4n) is 3.47. The van der Waals surface area contributed by atoms with Gasteiger partial charge in [0.2, 0.25) is 5.43 Å². The SMILES string of the molecule is Cc1cccc(NC(=O)c2cn3c4c(ccc(Cl)c4c2=O)O[C@H](C)C3)c1C. The Morgan fingerprint density at radius 3 is 2.81 bits per heavy atom. The number of nitrogens with zero attached hydrogens (tertiary/aromatic N) is 1. The lowest BCUT2D eigenvalue weighted by atomic mass is 10.1. The van der Waals surface area contributed by atoms with Crippen LogP contribution in [-0.4, -0.2) is 16.6 Å². The minimum atomic E-state index is -0.444. The molecule has 5 nitrogen and oxygen atoms in total. The smallest absolute Gasteiger partial charge is 0.261 e. The lowest BCUT2D eigenvalue weighted by molar-refractivity contribution is 0.102. The Morgan fingerprint density at radius 1 is 1.26 bits per heavy atom. The van der Waals surface area contributed by atoms with Gasteiger partial charge in [0.25, 0.3) is 5.91 Å². The molecule has 1 N–H and O–H groups in total. The Bertz CT molecular complexity index is 1150. The Labute approximate surface area is 161 Å². The van der Waals surface area contributed by atoms with Gasteiger partial charge in [0, 0.05) is 11.9 Å². The van der Waals surface area contributed by atoms with Gasteiger partial charge in [-0.25, -0.2) is 0 Å². The van der Waals surface area contributed by atoms with E-state index >= 15 is 0 Å². The first-order valence-corrected chi connectivity index (χ1v) is 9.14. The highest BCUT2D eigenvalue weighted by atomic mass is 35.5. The van der Waals surface area contributed by atoms with Crippen LogP contribution in [0.2, 0.25) is 5.02 Å². The molecule has 6 heteroatoms. The summed E-state index contributed by atoms with van der Waals surface area (Å²) in [5.74, 6) is 0.159. The van der Waals surface area contributed by atoms with E-state index in [1.165, 1.54) is 0 Å². The molecular formula is C21H19ClN2O3. The number of hydrogen-bond acceptors (Lipinski definition) is 3. The van der Waals surface area contributed by atoms with E-state index in [0.717, 1.165) is 11.1 Å². The van der Waals surface area contributed by atoms with Crippen LogP contribution in [0.15, 0.2) is 41.3 Å². The van der Waals surface area contributed by atoms with Crippen LogP contribution in [0, 0.1) is 13.8 Å². The number of nitrogens with one attached hydrogen (secondary N) is 1. The molecule has 1 aromatic heterocycles. The molecule has 0 saturated carbocycles. The van der Waals surface area contributed by atoms with Crippen LogP contribution in [0.25, 0.3) is 10.9 Å². The number of benzene rings is 2. The number of hydrogen-bond donors (Lipinski definition) is 1. The van der Waals surface area contributed by atoms with E-state index in [-0.39, 0.29) is 11.7 Å². The van der Waals surface area contributed by atoms with Gasteiger partial charge in [-0.1, -0.05) is 23.7 Å². The lowest BCUT2D eigenvalue weighted by Gasteiger charge is -2.26. The molecule has 138 valence electrons. The molecule has 2 aromatic carbocycles. The van der Waals surface area contributed by atoms with Gasteiger partial charge in [0.15, 0.2) is 0 Å². The van der Waals surface area contributed by atoms with Crippen molar-refractivity contribution in [2.75, 3.05) is 5.32 Å². The van der Waals surface area contributed by atoms with Gasteiger partial charge in [0.05, 0.1) is 22.5 Å². The van der Waals surface area contributed by atoms with Crippen LogP contribution in [0.5, 0.6) is 5.75 Å². The van der Waals surface area contributed by atoms with Gasteiger partial charge < -0.3 is 14.6 Å². The minimum Gasteiger partial charge on any atom is -0.487 e. The Hall–Kier alpha value is -2.79. The van der Waals surface area contributed by atoms with Gasteiger partial charge in [0.1, 0.15) is 17.4 Å². The first-order chi connectivity index (χ1) is 12.9.